The number of aliphatic hydroxyl groups is 1. The highest BCUT2D eigenvalue weighted by Gasteiger charge is 2.55. The average Bonchev–Trinajstić information content (AvgIpc) is 3.00. The lowest BCUT2D eigenvalue weighted by Gasteiger charge is -2.36. The van der Waals surface area contributed by atoms with Crippen molar-refractivity contribution in [3.05, 3.63) is 90.3 Å². The van der Waals surface area contributed by atoms with Gasteiger partial charge in [-0.15, -0.1) is 0 Å². The van der Waals surface area contributed by atoms with Crippen molar-refractivity contribution in [2.75, 3.05) is 11.4 Å². The molecule has 0 aliphatic carbocycles. The van der Waals surface area contributed by atoms with Gasteiger partial charge in [0.2, 0.25) is 5.72 Å². The lowest BCUT2D eigenvalue weighted by molar-refractivity contribution is -0.684. The minimum Gasteiger partial charge on any atom is -1.00 e. The van der Waals surface area contributed by atoms with E-state index in [-0.39, 0.29) is 22.9 Å². The van der Waals surface area contributed by atoms with Crippen LogP contribution < -0.4 is 26.4 Å². The van der Waals surface area contributed by atoms with Crippen molar-refractivity contribution >= 4 is 5.95 Å². The zero-order chi connectivity index (χ0) is 18.7. The Morgan fingerprint density at radius 2 is 1.64 bits per heavy atom. The molecule has 1 aliphatic heterocycles. The highest BCUT2D eigenvalue weighted by atomic mass is 79.9. The number of aromatic nitrogens is 2. The van der Waals surface area contributed by atoms with Crippen LogP contribution in [0.15, 0.2) is 79.1 Å². The van der Waals surface area contributed by atoms with E-state index in [0.29, 0.717) is 6.54 Å². The predicted molar refractivity (Wildman–Crippen MR) is 106 cm³/mol. The Morgan fingerprint density at radius 3 is 2.21 bits per heavy atom. The van der Waals surface area contributed by atoms with Gasteiger partial charge < -0.3 is 22.1 Å². The molecule has 1 aromatic heterocycles. The van der Waals surface area contributed by atoms with Gasteiger partial charge in [0.1, 0.15) is 12.7 Å². The van der Waals surface area contributed by atoms with E-state index in [1.54, 1.807) is 6.20 Å². The molecule has 146 valence electrons. The van der Waals surface area contributed by atoms with Crippen molar-refractivity contribution in [2.45, 2.75) is 38.0 Å². The summed E-state index contributed by atoms with van der Waals surface area (Å²) in [7, 11) is 0. The molecule has 0 fully saturated rings. The largest absolute Gasteiger partial charge is 1.00 e. The number of fused-ring (bicyclic) bond motifs is 1. The molecule has 0 bridgehead atoms. The zero-order valence-corrected chi connectivity index (χ0v) is 17.7. The lowest BCUT2D eigenvalue weighted by Crippen LogP contribution is -3.00. The molecule has 0 radical (unpaired) electrons. The Hall–Kier alpha value is -2.24. The molecule has 4 rings (SSSR count). The van der Waals surface area contributed by atoms with Gasteiger partial charge in [0.05, 0.1) is 18.7 Å². The first-order chi connectivity index (χ1) is 13.2. The van der Waals surface area contributed by atoms with Crippen LogP contribution in [0.25, 0.3) is 0 Å². The molecule has 0 amide bonds. The van der Waals surface area contributed by atoms with E-state index in [2.05, 4.69) is 45.6 Å². The Bertz CT molecular complexity index is 851. The van der Waals surface area contributed by atoms with Crippen molar-refractivity contribution in [3.63, 3.8) is 0 Å². The van der Waals surface area contributed by atoms with Gasteiger partial charge in [0.15, 0.2) is 0 Å². The van der Waals surface area contributed by atoms with Gasteiger partial charge in [-0.3, -0.25) is 0 Å². The second-order valence-corrected chi connectivity index (χ2v) is 7.19. The van der Waals surface area contributed by atoms with Gasteiger partial charge in [-0.05, 0) is 17.5 Å². The lowest BCUT2D eigenvalue weighted by atomic mass is 9.81. The molecular formula is C23H26BrN3O. The molecule has 0 saturated carbocycles. The summed E-state index contributed by atoms with van der Waals surface area (Å²) in [5.74, 6) is 0.670. The van der Waals surface area contributed by atoms with Gasteiger partial charge in [0, 0.05) is 6.07 Å². The standard InChI is InChI=1S/C23H26N3O.BrH/c1-2-3-17-26-22-24-15-10-16-25(22)18-23(26,27)21(19-11-6-4-7-12-19)20-13-8-5-9-14-20;/h4-16,21,27H,2-3,17-18H2,1H3;1H/q+1;/p-1. The maximum absolute atomic E-state index is 12.1. The predicted octanol–water partition coefficient (Wildman–Crippen LogP) is 0.514. The van der Waals surface area contributed by atoms with Crippen molar-refractivity contribution in [1.29, 1.82) is 0 Å². The number of rotatable bonds is 6. The van der Waals surface area contributed by atoms with Crippen molar-refractivity contribution in [3.8, 4) is 0 Å². The monoisotopic (exact) mass is 439 g/mol. The normalized spacial score (nSPS) is 18.0. The smallest absolute Gasteiger partial charge is 0.396 e. The van der Waals surface area contributed by atoms with E-state index in [1.807, 2.05) is 48.7 Å². The maximum atomic E-state index is 12.1. The third-order valence-corrected chi connectivity index (χ3v) is 5.37. The van der Waals surface area contributed by atoms with Crippen molar-refractivity contribution in [2.24, 2.45) is 0 Å². The first kappa shape index (κ1) is 20.5. The number of halogens is 1. The maximum Gasteiger partial charge on any atom is 0.396 e. The molecule has 1 unspecified atom stereocenters. The van der Waals surface area contributed by atoms with Crippen LogP contribution >= 0.6 is 0 Å². The van der Waals surface area contributed by atoms with Crippen LogP contribution in [0.1, 0.15) is 36.8 Å². The third-order valence-electron chi connectivity index (χ3n) is 5.37. The van der Waals surface area contributed by atoms with Crippen LogP contribution in [0.2, 0.25) is 0 Å². The molecule has 0 spiro atoms. The Morgan fingerprint density at radius 1 is 1.04 bits per heavy atom. The number of hydrogen-bond acceptors (Lipinski definition) is 3. The fraction of sp³-hybridized carbons (Fsp3) is 0.304. The first-order valence-corrected chi connectivity index (χ1v) is 9.68. The van der Waals surface area contributed by atoms with Crippen molar-refractivity contribution in [1.82, 2.24) is 4.98 Å². The Labute approximate surface area is 177 Å². The number of benzene rings is 2. The van der Waals surface area contributed by atoms with Crippen molar-refractivity contribution < 1.29 is 26.7 Å². The molecule has 1 N–H and O–H groups in total. The first-order valence-electron chi connectivity index (χ1n) is 9.68. The van der Waals surface area contributed by atoms with Gasteiger partial charge in [-0.1, -0.05) is 79.0 Å². The molecule has 3 aromatic rings. The molecule has 1 atom stereocenters. The topological polar surface area (TPSA) is 40.2 Å². The van der Waals surface area contributed by atoms with E-state index in [4.69, 9.17) is 0 Å². The third kappa shape index (κ3) is 3.69. The molecule has 5 heteroatoms. The zero-order valence-electron chi connectivity index (χ0n) is 16.1. The molecule has 28 heavy (non-hydrogen) atoms. The molecule has 2 aromatic carbocycles. The van der Waals surface area contributed by atoms with Crippen LogP contribution in [0.4, 0.5) is 5.95 Å². The summed E-state index contributed by atoms with van der Waals surface area (Å²) in [6.45, 7) is 3.45. The highest BCUT2D eigenvalue weighted by Crippen LogP contribution is 2.41. The van der Waals surface area contributed by atoms with E-state index >= 15 is 0 Å². The minimum atomic E-state index is -1.07. The fourth-order valence-electron chi connectivity index (χ4n) is 4.12. The number of nitrogens with zero attached hydrogens (tertiary/aromatic N) is 3. The summed E-state index contributed by atoms with van der Waals surface area (Å²) in [6, 6.07) is 22.5. The fourth-order valence-corrected chi connectivity index (χ4v) is 4.12. The van der Waals surface area contributed by atoms with Gasteiger partial charge in [-0.25, -0.2) is 9.47 Å². The Balaban J connectivity index is 0.00000225. The molecule has 1 aliphatic rings. The van der Waals surface area contributed by atoms with Crippen LogP contribution in [-0.4, -0.2) is 22.4 Å². The molecule has 2 heterocycles. The summed E-state index contributed by atoms with van der Waals surface area (Å²) in [6.07, 6.45) is 5.89. The number of anilines is 1. The summed E-state index contributed by atoms with van der Waals surface area (Å²) >= 11 is 0. The minimum absolute atomic E-state index is 0. The van der Waals surface area contributed by atoms with Crippen LogP contribution in [-0.2, 0) is 6.54 Å². The average molecular weight is 440 g/mol. The molecular weight excluding hydrogens is 414 g/mol. The second kappa shape index (κ2) is 8.84. The van der Waals surface area contributed by atoms with E-state index in [9.17, 15) is 5.11 Å². The van der Waals surface area contributed by atoms with Gasteiger partial charge >= 0.3 is 5.95 Å². The highest BCUT2D eigenvalue weighted by molar-refractivity contribution is 5.42. The van der Waals surface area contributed by atoms with E-state index in [1.165, 1.54) is 0 Å². The summed E-state index contributed by atoms with van der Waals surface area (Å²) in [5.41, 5.74) is 1.15. The molecule has 4 nitrogen and oxygen atoms in total. The van der Waals surface area contributed by atoms with Crippen LogP contribution in [0, 0.1) is 0 Å². The van der Waals surface area contributed by atoms with Crippen LogP contribution in [0.3, 0.4) is 0 Å². The second-order valence-electron chi connectivity index (χ2n) is 7.19. The quantitative estimate of drug-likeness (QED) is 0.569. The number of unbranched alkanes of at least 4 members (excludes halogenated alkanes) is 1. The SMILES string of the molecule is CCCCN1c2nccc[n+]2CC1(O)C(c1ccccc1)c1ccccc1.[Br-]. The van der Waals surface area contributed by atoms with Gasteiger partial charge in [0.25, 0.3) is 0 Å². The van der Waals surface area contributed by atoms with Gasteiger partial charge in [-0.2, -0.15) is 0 Å². The summed E-state index contributed by atoms with van der Waals surface area (Å²) < 4.78 is 2.06. The molecule has 0 saturated heterocycles. The van der Waals surface area contributed by atoms with E-state index < -0.39 is 5.72 Å². The summed E-state index contributed by atoms with van der Waals surface area (Å²) in [5, 5.41) is 12.1. The van der Waals surface area contributed by atoms with E-state index in [0.717, 1.165) is 36.5 Å². The summed E-state index contributed by atoms with van der Waals surface area (Å²) in [4.78, 5) is 6.69. The number of hydrogen-bond donors (Lipinski definition) is 1. The van der Waals surface area contributed by atoms with Crippen LogP contribution in [0.5, 0.6) is 0 Å². The Kier molecular flexibility index (Phi) is 6.47.